The summed E-state index contributed by atoms with van der Waals surface area (Å²) in [6, 6.07) is 16.5. The third-order valence-corrected chi connectivity index (χ3v) is 6.97. The highest BCUT2D eigenvalue weighted by Crippen LogP contribution is 2.46. The zero-order chi connectivity index (χ0) is 24.6. The van der Waals surface area contributed by atoms with E-state index in [2.05, 4.69) is 27.4 Å². The number of amides is 1. The van der Waals surface area contributed by atoms with Crippen molar-refractivity contribution in [3.05, 3.63) is 82.5 Å². The highest BCUT2D eigenvalue weighted by Gasteiger charge is 2.48. The molecule has 2 atom stereocenters. The Morgan fingerprint density at radius 2 is 1.63 bits per heavy atom. The number of piperazine rings is 1. The van der Waals surface area contributed by atoms with E-state index in [0.29, 0.717) is 31.7 Å². The first-order valence-corrected chi connectivity index (χ1v) is 11.9. The van der Waals surface area contributed by atoms with E-state index in [1.54, 1.807) is 35.2 Å². The standard InChI is InChI=1S/C25H25ClF3N5O/c26-21-22(24(35)33-13-11-32(12-14-33)16-17-7-3-1-4-8-17)31-34-20(25(27,28)29)15-19(30-23(21)34)18-9-5-2-6-10-18/h1-10,19-20,30H,11-16H2. The molecule has 1 amide bonds. The number of hydrogen-bond donors (Lipinski definition) is 1. The second-order valence-electron chi connectivity index (χ2n) is 8.91. The number of nitrogens with zero attached hydrogens (tertiary/aromatic N) is 4. The molecule has 0 bridgehead atoms. The Balaban J connectivity index is 1.34. The molecule has 0 spiro atoms. The van der Waals surface area contributed by atoms with Crippen molar-refractivity contribution in [3.8, 4) is 0 Å². The minimum atomic E-state index is -4.54. The maximum Gasteiger partial charge on any atom is 0.410 e. The van der Waals surface area contributed by atoms with Crippen molar-refractivity contribution in [2.24, 2.45) is 0 Å². The Morgan fingerprint density at radius 1 is 1.00 bits per heavy atom. The van der Waals surface area contributed by atoms with E-state index in [9.17, 15) is 18.0 Å². The number of nitrogens with one attached hydrogen (secondary N) is 1. The molecule has 2 aliphatic rings. The molecule has 184 valence electrons. The third kappa shape index (κ3) is 4.88. The molecule has 0 aliphatic carbocycles. The lowest BCUT2D eigenvalue weighted by Gasteiger charge is -2.34. The summed E-state index contributed by atoms with van der Waals surface area (Å²) >= 11 is 6.49. The van der Waals surface area contributed by atoms with Crippen molar-refractivity contribution in [1.82, 2.24) is 19.6 Å². The SMILES string of the molecule is O=C(c1nn2c(c1Cl)NC(c1ccccc1)CC2C(F)(F)F)N1CCN(Cc2ccccc2)CC1. The molecule has 6 nitrogen and oxygen atoms in total. The molecule has 35 heavy (non-hydrogen) atoms. The van der Waals surface area contributed by atoms with Gasteiger partial charge in [-0.3, -0.25) is 9.69 Å². The molecule has 1 N–H and O–H groups in total. The Hall–Kier alpha value is -3.04. The number of hydrogen-bond acceptors (Lipinski definition) is 4. The largest absolute Gasteiger partial charge is 0.410 e. The summed E-state index contributed by atoms with van der Waals surface area (Å²) < 4.78 is 42.8. The summed E-state index contributed by atoms with van der Waals surface area (Å²) in [4.78, 5) is 17.1. The molecule has 2 aliphatic heterocycles. The van der Waals surface area contributed by atoms with Gasteiger partial charge in [-0.15, -0.1) is 0 Å². The maximum absolute atomic E-state index is 14.0. The fourth-order valence-corrected chi connectivity index (χ4v) is 4.99. The maximum atomic E-state index is 14.0. The summed E-state index contributed by atoms with van der Waals surface area (Å²) in [7, 11) is 0. The lowest BCUT2D eigenvalue weighted by molar-refractivity contribution is -0.173. The minimum absolute atomic E-state index is 0.0279. The topological polar surface area (TPSA) is 53.4 Å². The van der Waals surface area contributed by atoms with Gasteiger partial charge >= 0.3 is 6.18 Å². The molecule has 1 saturated heterocycles. The van der Waals surface area contributed by atoms with Crippen LogP contribution in [-0.4, -0.2) is 57.8 Å². The van der Waals surface area contributed by atoms with E-state index < -0.39 is 24.2 Å². The van der Waals surface area contributed by atoms with Crippen LogP contribution >= 0.6 is 11.6 Å². The summed E-state index contributed by atoms with van der Waals surface area (Å²) in [6.07, 6.45) is -4.78. The molecule has 0 radical (unpaired) electrons. The van der Waals surface area contributed by atoms with Crippen LogP contribution in [0.2, 0.25) is 5.02 Å². The highest BCUT2D eigenvalue weighted by molar-refractivity contribution is 6.36. The average Bonchev–Trinajstić information content (AvgIpc) is 3.20. The average molecular weight is 504 g/mol. The van der Waals surface area contributed by atoms with Crippen molar-refractivity contribution in [2.45, 2.75) is 31.2 Å². The van der Waals surface area contributed by atoms with E-state index >= 15 is 0 Å². The molecule has 2 unspecified atom stereocenters. The van der Waals surface area contributed by atoms with Gasteiger partial charge in [-0.1, -0.05) is 72.3 Å². The van der Waals surface area contributed by atoms with Crippen LogP contribution in [0.3, 0.4) is 0 Å². The van der Waals surface area contributed by atoms with Gasteiger partial charge in [0.25, 0.3) is 5.91 Å². The van der Waals surface area contributed by atoms with Gasteiger partial charge in [-0.2, -0.15) is 18.3 Å². The number of carbonyl (C=O) groups excluding carboxylic acids is 1. The quantitative estimate of drug-likeness (QED) is 0.534. The van der Waals surface area contributed by atoms with Crippen LogP contribution in [0.5, 0.6) is 0 Å². The zero-order valence-electron chi connectivity index (χ0n) is 18.9. The van der Waals surface area contributed by atoms with Crippen molar-refractivity contribution in [3.63, 3.8) is 0 Å². The van der Waals surface area contributed by atoms with Crippen LogP contribution in [0.4, 0.5) is 19.0 Å². The molecule has 2 aromatic carbocycles. The Labute approximate surface area is 206 Å². The number of alkyl halides is 3. The van der Waals surface area contributed by atoms with Crippen molar-refractivity contribution in [1.29, 1.82) is 0 Å². The predicted molar refractivity (Wildman–Crippen MR) is 127 cm³/mol. The van der Waals surface area contributed by atoms with Crippen molar-refractivity contribution >= 4 is 23.3 Å². The molecule has 1 fully saturated rings. The molecular weight excluding hydrogens is 479 g/mol. The van der Waals surface area contributed by atoms with Gasteiger partial charge < -0.3 is 10.2 Å². The van der Waals surface area contributed by atoms with Gasteiger partial charge in [-0.25, -0.2) is 4.68 Å². The Kier molecular flexibility index (Phi) is 6.46. The molecule has 3 aromatic rings. The summed E-state index contributed by atoms with van der Waals surface area (Å²) in [5.74, 6) is -0.421. The molecule has 0 saturated carbocycles. The fourth-order valence-electron chi connectivity index (χ4n) is 4.73. The van der Waals surface area contributed by atoms with Crippen LogP contribution in [0.15, 0.2) is 60.7 Å². The van der Waals surface area contributed by atoms with E-state index in [4.69, 9.17) is 11.6 Å². The lowest BCUT2D eigenvalue weighted by atomic mass is 9.97. The lowest BCUT2D eigenvalue weighted by Crippen LogP contribution is -2.48. The van der Waals surface area contributed by atoms with Gasteiger partial charge in [-0.05, 0) is 11.1 Å². The van der Waals surface area contributed by atoms with Crippen LogP contribution in [0.1, 0.15) is 40.1 Å². The monoisotopic (exact) mass is 503 g/mol. The number of carbonyl (C=O) groups is 1. The van der Waals surface area contributed by atoms with Crippen LogP contribution in [0.25, 0.3) is 0 Å². The summed E-state index contributed by atoms with van der Waals surface area (Å²) in [5, 5.41) is 7.10. The summed E-state index contributed by atoms with van der Waals surface area (Å²) in [5.41, 5.74) is 1.76. The number of anilines is 1. The molecular formula is C25H25ClF3N5O. The Bertz CT molecular complexity index is 1180. The number of rotatable bonds is 4. The third-order valence-electron chi connectivity index (χ3n) is 6.61. The first kappa shape index (κ1) is 23.7. The highest BCUT2D eigenvalue weighted by atomic mass is 35.5. The van der Waals surface area contributed by atoms with E-state index in [1.165, 1.54) is 5.56 Å². The molecule has 1 aromatic heterocycles. The van der Waals surface area contributed by atoms with E-state index in [0.717, 1.165) is 11.2 Å². The van der Waals surface area contributed by atoms with Crippen molar-refractivity contribution in [2.75, 3.05) is 31.5 Å². The number of halogens is 4. The number of fused-ring (bicyclic) bond motifs is 1. The fraction of sp³-hybridized carbons (Fsp3) is 0.360. The second-order valence-corrected chi connectivity index (χ2v) is 9.29. The van der Waals surface area contributed by atoms with Crippen LogP contribution in [-0.2, 0) is 6.54 Å². The van der Waals surface area contributed by atoms with Gasteiger partial charge in [0.15, 0.2) is 11.7 Å². The molecule has 3 heterocycles. The van der Waals surface area contributed by atoms with Crippen molar-refractivity contribution < 1.29 is 18.0 Å². The minimum Gasteiger partial charge on any atom is -0.362 e. The van der Waals surface area contributed by atoms with Crippen LogP contribution in [0, 0.1) is 0 Å². The molecule has 10 heteroatoms. The predicted octanol–water partition coefficient (Wildman–Crippen LogP) is 5.15. The number of aromatic nitrogens is 2. The van der Waals surface area contributed by atoms with Crippen LogP contribution < -0.4 is 5.32 Å². The van der Waals surface area contributed by atoms with Gasteiger partial charge in [0.1, 0.15) is 10.8 Å². The summed E-state index contributed by atoms with van der Waals surface area (Å²) in [6.45, 7) is 3.00. The zero-order valence-corrected chi connectivity index (χ0v) is 19.6. The second kappa shape index (κ2) is 9.54. The van der Waals surface area contributed by atoms with E-state index in [-0.39, 0.29) is 23.0 Å². The number of benzene rings is 2. The normalized spacial score (nSPS) is 20.9. The van der Waals surface area contributed by atoms with Gasteiger partial charge in [0.2, 0.25) is 0 Å². The smallest absolute Gasteiger partial charge is 0.362 e. The molecule has 5 rings (SSSR count). The first-order valence-electron chi connectivity index (χ1n) is 11.5. The van der Waals surface area contributed by atoms with Gasteiger partial charge in [0, 0.05) is 39.1 Å². The van der Waals surface area contributed by atoms with Gasteiger partial charge in [0.05, 0.1) is 6.04 Å². The Morgan fingerprint density at radius 3 is 2.26 bits per heavy atom. The van der Waals surface area contributed by atoms with E-state index in [1.807, 2.05) is 18.2 Å². The first-order chi connectivity index (χ1) is 16.8.